The molecule has 0 radical (unpaired) electrons. The van der Waals surface area contributed by atoms with Crippen molar-refractivity contribution < 1.29 is 13.2 Å². The maximum atomic E-state index is 12.9. The Bertz CT molecular complexity index is 744. The summed E-state index contributed by atoms with van der Waals surface area (Å²) in [5, 5.41) is 3.33. The summed E-state index contributed by atoms with van der Waals surface area (Å²) in [6, 6.07) is 1.78. The lowest BCUT2D eigenvalue weighted by Crippen LogP contribution is -2.41. The zero-order chi connectivity index (χ0) is 18.0. The van der Waals surface area contributed by atoms with Crippen LogP contribution in [0.15, 0.2) is 6.07 Å². The molecule has 3 rings (SSSR count). The van der Waals surface area contributed by atoms with Crippen LogP contribution >= 0.6 is 0 Å². The largest absolute Gasteiger partial charge is 0.351 e. The fourth-order valence-corrected chi connectivity index (χ4v) is 5.46. The second-order valence-electron chi connectivity index (χ2n) is 6.99. The van der Waals surface area contributed by atoms with Gasteiger partial charge in [0.1, 0.15) is 5.69 Å². The summed E-state index contributed by atoms with van der Waals surface area (Å²) < 4.78 is 23.5. The van der Waals surface area contributed by atoms with E-state index in [1.165, 1.54) is 12.8 Å². The standard InChI is InChI=1S/C17H26N4O3S/c1-3-21(14-8-9-25(23,24)11-14)16(22)15-10-12(2)18-17(20-15)19-13-6-4-5-7-13/h10,13-14H,3-9,11H2,1-2H3,(H,18,19,20). The van der Waals surface area contributed by atoms with E-state index in [0.717, 1.165) is 18.5 Å². The topological polar surface area (TPSA) is 92.3 Å². The molecule has 2 fully saturated rings. The molecule has 0 bridgehead atoms. The molecule has 1 amide bonds. The Hall–Kier alpha value is -1.70. The molecule has 8 heteroatoms. The number of aryl methyl sites for hydroxylation is 1. The Balaban J connectivity index is 1.79. The summed E-state index contributed by atoms with van der Waals surface area (Å²) in [5.74, 6) is 0.470. The monoisotopic (exact) mass is 366 g/mol. The van der Waals surface area contributed by atoms with Gasteiger partial charge >= 0.3 is 0 Å². The van der Waals surface area contributed by atoms with E-state index in [0.29, 0.717) is 30.6 Å². The van der Waals surface area contributed by atoms with E-state index in [2.05, 4.69) is 15.3 Å². The lowest BCUT2D eigenvalue weighted by atomic mass is 10.2. The molecule has 1 atom stereocenters. The first-order valence-corrected chi connectivity index (χ1v) is 10.8. The molecule has 0 aromatic carbocycles. The van der Waals surface area contributed by atoms with Crippen LogP contribution < -0.4 is 5.32 Å². The Morgan fingerprint density at radius 3 is 2.60 bits per heavy atom. The molecule has 2 heterocycles. The Morgan fingerprint density at radius 1 is 1.28 bits per heavy atom. The number of sulfone groups is 1. The van der Waals surface area contributed by atoms with Gasteiger partial charge in [-0.1, -0.05) is 12.8 Å². The first-order valence-electron chi connectivity index (χ1n) is 9.01. The van der Waals surface area contributed by atoms with Gasteiger partial charge in [-0.25, -0.2) is 18.4 Å². The first kappa shape index (κ1) is 18.1. The number of rotatable bonds is 5. The van der Waals surface area contributed by atoms with E-state index in [1.54, 1.807) is 11.0 Å². The predicted octanol–water partition coefficient (Wildman–Crippen LogP) is 1.79. The highest BCUT2D eigenvalue weighted by Crippen LogP contribution is 2.22. The van der Waals surface area contributed by atoms with Crippen LogP contribution in [0.1, 0.15) is 55.2 Å². The average Bonchev–Trinajstić information content (AvgIpc) is 3.17. The highest BCUT2D eigenvalue weighted by atomic mass is 32.2. The number of hydrogen-bond donors (Lipinski definition) is 1. The predicted molar refractivity (Wildman–Crippen MR) is 96.4 cm³/mol. The minimum atomic E-state index is -3.04. The number of carbonyl (C=O) groups is 1. The molecule has 138 valence electrons. The van der Waals surface area contributed by atoms with Crippen LogP contribution in [0.4, 0.5) is 5.95 Å². The van der Waals surface area contributed by atoms with Gasteiger partial charge in [-0.3, -0.25) is 4.79 Å². The van der Waals surface area contributed by atoms with Crippen LogP contribution in [0.25, 0.3) is 0 Å². The third kappa shape index (κ3) is 4.29. The Kier molecular flexibility index (Phi) is 5.27. The van der Waals surface area contributed by atoms with Gasteiger partial charge in [0.15, 0.2) is 9.84 Å². The molecule has 7 nitrogen and oxygen atoms in total. The van der Waals surface area contributed by atoms with Crippen LogP contribution in [0, 0.1) is 6.92 Å². The van der Waals surface area contributed by atoms with E-state index in [-0.39, 0.29) is 23.5 Å². The van der Waals surface area contributed by atoms with Crippen LogP contribution in [0.5, 0.6) is 0 Å². The van der Waals surface area contributed by atoms with Gasteiger partial charge in [0.25, 0.3) is 5.91 Å². The summed E-state index contributed by atoms with van der Waals surface area (Å²) >= 11 is 0. The van der Waals surface area contributed by atoms with Crippen molar-refractivity contribution in [3.05, 3.63) is 17.5 Å². The number of nitrogens with zero attached hydrogens (tertiary/aromatic N) is 3. The number of carbonyl (C=O) groups excluding carboxylic acids is 1. The minimum absolute atomic E-state index is 0.0455. The van der Waals surface area contributed by atoms with E-state index >= 15 is 0 Å². The quantitative estimate of drug-likeness (QED) is 0.854. The maximum Gasteiger partial charge on any atom is 0.272 e. The zero-order valence-electron chi connectivity index (χ0n) is 14.9. The van der Waals surface area contributed by atoms with Gasteiger partial charge in [0.2, 0.25) is 5.95 Å². The molecule has 1 aromatic rings. The fourth-order valence-electron chi connectivity index (χ4n) is 3.73. The molecule has 1 unspecified atom stereocenters. The molecule has 1 aliphatic heterocycles. The summed E-state index contributed by atoms with van der Waals surface area (Å²) in [5.41, 5.74) is 1.06. The molecule has 1 saturated heterocycles. The fraction of sp³-hybridized carbons (Fsp3) is 0.706. The molecule has 1 saturated carbocycles. The van der Waals surface area contributed by atoms with E-state index < -0.39 is 9.84 Å². The van der Waals surface area contributed by atoms with Crippen molar-refractivity contribution >= 4 is 21.7 Å². The van der Waals surface area contributed by atoms with Crippen molar-refractivity contribution in [2.24, 2.45) is 0 Å². The lowest BCUT2D eigenvalue weighted by Gasteiger charge is -2.26. The summed E-state index contributed by atoms with van der Waals surface area (Å²) in [7, 11) is -3.04. The number of nitrogens with one attached hydrogen (secondary N) is 1. The number of aromatic nitrogens is 2. The highest BCUT2D eigenvalue weighted by molar-refractivity contribution is 7.91. The maximum absolute atomic E-state index is 12.9. The minimum Gasteiger partial charge on any atom is -0.351 e. The normalized spacial score (nSPS) is 22.9. The molecule has 2 aliphatic rings. The second kappa shape index (κ2) is 7.27. The third-order valence-electron chi connectivity index (χ3n) is 5.01. The van der Waals surface area contributed by atoms with E-state index in [4.69, 9.17) is 0 Å². The van der Waals surface area contributed by atoms with Gasteiger partial charge in [-0.15, -0.1) is 0 Å². The lowest BCUT2D eigenvalue weighted by molar-refractivity contribution is 0.0702. The molecule has 1 aliphatic carbocycles. The smallest absolute Gasteiger partial charge is 0.272 e. The zero-order valence-corrected chi connectivity index (χ0v) is 15.7. The Labute approximate surface area is 149 Å². The number of amides is 1. The SMILES string of the molecule is CCN(C(=O)c1cc(C)nc(NC2CCCC2)n1)C1CCS(=O)(=O)C1. The van der Waals surface area contributed by atoms with Crippen LogP contribution in [-0.2, 0) is 9.84 Å². The van der Waals surface area contributed by atoms with Crippen molar-refractivity contribution in [1.82, 2.24) is 14.9 Å². The first-order chi connectivity index (χ1) is 11.9. The van der Waals surface area contributed by atoms with Crippen molar-refractivity contribution in [2.45, 2.75) is 58.0 Å². The van der Waals surface area contributed by atoms with Crippen molar-refractivity contribution in [1.29, 1.82) is 0 Å². The van der Waals surface area contributed by atoms with Crippen molar-refractivity contribution in [2.75, 3.05) is 23.4 Å². The third-order valence-corrected chi connectivity index (χ3v) is 6.76. The number of hydrogen-bond acceptors (Lipinski definition) is 6. The molecule has 1 aromatic heterocycles. The molecule has 25 heavy (non-hydrogen) atoms. The van der Waals surface area contributed by atoms with Gasteiger partial charge < -0.3 is 10.2 Å². The van der Waals surface area contributed by atoms with Crippen LogP contribution in [-0.4, -0.2) is 59.3 Å². The van der Waals surface area contributed by atoms with Gasteiger partial charge in [0, 0.05) is 24.3 Å². The summed E-state index contributed by atoms with van der Waals surface area (Å²) in [4.78, 5) is 23.4. The van der Waals surface area contributed by atoms with Crippen molar-refractivity contribution in [3.63, 3.8) is 0 Å². The van der Waals surface area contributed by atoms with Crippen LogP contribution in [0.3, 0.4) is 0 Å². The van der Waals surface area contributed by atoms with E-state index in [1.807, 2.05) is 13.8 Å². The van der Waals surface area contributed by atoms with E-state index in [9.17, 15) is 13.2 Å². The average molecular weight is 366 g/mol. The Morgan fingerprint density at radius 2 is 2.00 bits per heavy atom. The van der Waals surface area contributed by atoms with Crippen LogP contribution in [0.2, 0.25) is 0 Å². The molecular weight excluding hydrogens is 340 g/mol. The van der Waals surface area contributed by atoms with Gasteiger partial charge in [-0.05, 0) is 39.2 Å². The van der Waals surface area contributed by atoms with Gasteiger partial charge in [-0.2, -0.15) is 0 Å². The van der Waals surface area contributed by atoms with Crippen molar-refractivity contribution in [3.8, 4) is 0 Å². The second-order valence-corrected chi connectivity index (χ2v) is 9.22. The molecule has 1 N–H and O–H groups in total. The van der Waals surface area contributed by atoms with Gasteiger partial charge in [0.05, 0.1) is 11.5 Å². The summed E-state index contributed by atoms with van der Waals surface area (Å²) in [6.45, 7) is 4.18. The highest BCUT2D eigenvalue weighted by Gasteiger charge is 2.34. The number of anilines is 1. The molecular formula is C17H26N4O3S. The summed E-state index contributed by atoms with van der Waals surface area (Å²) in [6.07, 6.45) is 5.10. The molecule has 0 spiro atoms.